The zero-order valence-electron chi connectivity index (χ0n) is 10.2. The van der Waals surface area contributed by atoms with Crippen LogP contribution in [-0.2, 0) is 9.57 Å². The molecule has 2 aliphatic rings. The van der Waals surface area contributed by atoms with Gasteiger partial charge >= 0.3 is 0 Å². The van der Waals surface area contributed by atoms with Gasteiger partial charge in [-0.2, -0.15) is 0 Å². The Morgan fingerprint density at radius 2 is 1.89 bits per heavy atom. The fraction of sp³-hybridized carbons (Fsp3) is 0.385. The fourth-order valence-corrected chi connectivity index (χ4v) is 2.18. The minimum Gasteiger partial charge on any atom is -0.385 e. The average molecular weight is 263 g/mol. The number of nitrogens with zero attached hydrogens (tertiary/aromatic N) is 1. The van der Waals surface area contributed by atoms with Crippen LogP contribution in [0.2, 0.25) is 0 Å². The number of hydrogen-bond acceptors (Lipinski definition) is 5. The minimum atomic E-state index is -1.13. The van der Waals surface area contributed by atoms with E-state index in [1.807, 2.05) is 0 Å². The van der Waals surface area contributed by atoms with Crippen LogP contribution >= 0.6 is 0 Å². The third kappa shape index (κ3) is 2.03. The van der Waals surface area contributed by atoms with Crippen LogP contribution in [0.15, 0.2) is 24.3 Å². The number of carbonyl (C=O) groups excluding carboxylic acids is 2. The van der Waals surface area contributed by atoms with Crippen LogP contribution in [0.25, 0.3) is 0 Å². The molecule has 0 saturated carbocycles. The number of ether oxygens (including phenoxy) is 1. The number of rotatable bonds is 3. The molecule has 6 nitrogen and oxygen atoms in total. The number of benzene rings is 1. The molecule has 6 heteroatoms. The van der Waals surface area contributed by atoms with Crippen LogP contribution < -0.4 is 0 Å². The van der Waals surface area contributed by atoms with Crippen LogP contribution in [0.4, 0.5) is 0 Å². The Balaban J connectivity index is 1.74. The molecule has 0 spiro atoms. The molecule has 2 aliphatic heterocycles. The summed E-state index contributed by atoms with van der Waals surface area (Å²) in [6.45, 7) is 0.455. The normalized spacial score (nSPS) is 26.1. The quantitative estimate of drug-likeness (QED) is 0.797. The van der Waals surface area contributed by atoms with E-state index < -0.39 is 17.4 Å². The van der Waals surface area contributed by atoms with Crippen molar-refractivity contribution < 1.29 is 24.3 Å². The summed E-state index contributed by atoms with van der Waals surface area (Å²) in [6.07, 6.45) is 0.427. The molecule has 0 radical (unpaired) electrons. The van der Waals surface area contributed by atoms with Crippen molar-refractivity contribution in [2.45, 2.75) is 12.0 Å². The summed E-state index contributed by atoms with van der Waals surface area (Å²) >= 11 is 0. The van der Waals surface area contributed by atoms with E-state index >= 15 is 0 Å². The molecule has 1 atom stereocenters. The summed E-state index contributed by atoms with van der Waals surface area (Å²) in [7, 11) is 0. The average Bonchev–Trinajstić information content (AvgIpc) is 2.94. The first-order chi connectivity index (χ1) is 9.11. The molecule has 1 aromatic carbocycles. The number of hydroxylamine groups is 2. The molecule has 1 fully saturated rings. The highest BCUT2D eigenvalue weighted by Crippen LogP contribution is 2.25. The number of fused-ring (bicyclic) bond motifs is 1. The zero-order chi connectivity index (χ0) is 13.5. The van der Waals surface area contributed by atoms with Gasteiger partial charge in [-0.3, -0.25) is 14.4 Å². The molecule has 0 aliphatic carbocycles. The molecule has 19 heavy (non-hydrogen) atoms. The Bertz CT molecular complexity index is 501. The lowest BCUT2D eigenvalue weighted by molar-refractivity contribution is -0.145. The van der Waals surface area contributed by atoms with Crippen molar-refractivity contribution in [2.75, 3.05) is 19.8 Å². The highest BCUT2D eigenvalue weighted by Gasteiger charge is 2.40. The van der Waals surface area contributed by atoms with Crippen LogP contribution in [0.3, 0.4) is 0 Å². The third-order valence-electron chi connectivity index (χ3n) is 3.30. The monoisotopic (exact) mass is 263 g/mol. The lowest BCUT2D eigenvalue weighted by atomic mass is 10.1. The second-order valence-electron chi connectivity index (χ2n) is 4.75. The van der Waals surface area contributed by atoms with E-state index in [-0.39, 0.29) is 13.2 Å². The van der Waals surface area contributed by atoms with Crippen molar-refractivity contribution in [2.24, 2.45) is 0 Å². The van der Waals surface area contributed by atoms with Crippen molar-refractivity contribution in [1.82, 2.24) is 5.06 Å². The Morgan fingerprint density at radius 3 is 2.42 bits per heavy atom. The van der Waals surface area contributed by atoms with E-state index in [2.05, 4.69) is 0 Å². The maximum Gasteiger partial charge on any atom is 0.285 e. The lowest BCUT2D eigenvalue weighted by Gasteiger charge is -2.22. The Hall–Kier alpha value is -1.76. The van der Waals surface area contributed by atoms with Gasteiger partial charge in [-0.1, -0.05) is 12.1 Å². The van der Waals surface area contributed by atoms with Crippen molar-refractivity contribution in [3.05, 3.63) is 35.4 Å². The number of amides is 2. The summed E-state index contributed by atoms with van der Waals surface area (Å²) in [4.78, 5) is 29.2. The number of imide groups is 1. The summed E-state index contributed by atoms with van der Waals surface area (Å²) in [5.74, 6) is -0.994. The van der Waals surface area contributed by atoms with Crippen molar-refractivity contribution in [3.8, 4) is 0 Å². The molecule has 1 N–H and O–H groups in total. The van der Waals surface area contributed by atoms with Gasteiger partial charge in [0, 0.05) is 13.0 Å². The minimum absolute atomic E-state index is 0.140. The first-order valence-corrected chi connectivity index (χ1v) is 6.02. The molecule has 2 amide bonds. The maximum atomic E-state index is 12.0. The summed E-state index contributed by atoms with van der Waals surface area (Å²) in [5, 5.41) is 10.8. The standard InChI is InChI=1S/C13H13NO5/c15-11-9-3-1-2-4-10(9)12(16)14(11)19-8-13(17)5-6-18-7-13/h1-4,17H,5-8H2. The molecule has 1 unspecified atom stereocenters. The smallest absolute Gasteiger partial charge is 0.285 e. The Kier molecular flexibility index (Phi) is 2.85. The number of aliphatic hydroxyl groups is 1. The SMILES string of the molecule is O=C1c2ccccc2C(=O)N1OCC1(O)CCOC1. The van der Waals surface area contributed by atoms with E-state index in [1.165, 1.54) is 0 Å². The van der Waals surface area contributed by atoms with Gasteiger partial charge in [0.1, 0.15) is 12.2 Å². The van der Waals surface area contributed by atoms with Gasteiger partial charge in [0.05, 0.1) is 17.7 Å². The molecule has 100 valence electrons. The number of hydrogen-bond donors (Lipinski definition) is 1. The van der Waals surface area contributed by atoms with Crippen molar-refractivity contribution in [3.63, 3.8) is 0 Å². The van der Waals surface area contributed by atoms with Crippen molar-refractivity contribution >= 4 is 11.8 Å². The first-order valence-electron chi connectivity index (χ1n) is 6.02. The predicted octanol–water partition coefficient (Wildman–Crippen LogP) is 0.366. The topological polar surface area (TPSA) is 76.1 Å². The van der Waals surface area contributed by atoms with E-state index in [1.54, 1.807) is 24.3 Å². The molecule has 2 heterocycles. The highest BCUT2D eigenvalue weighted by atomic mass is 16.7. The summed E-state index contributed by atoms with van der Waals surface area (Å²) < 4.78 is 5.07. The van der Waals surface area contributed by atoms with E-state index in [0.717, 1.165) is 0 Å². The van der Waals surface area contributed by atoms with Crippen LogP contribution in [-0.4, -0.2) is 47.4 Å². The Labute approximate surface area is 109 Å². The highest BCUT2D eigenvalue weighted by molar-refractivity contribution is 6.20. The van der Waals surface area contributed by atoms with Gasteiger partial charge in [-0.05, 0) is 12.1 Å². The lowest BCUT2D eigenvalue weighted by Crippen LogP contribution is -2.40. The van der Waals surface area contributed by atoms with Crippen LogP contribution in [0.5, 0.6) is 0 Å². The van der Waals surface area contributed by atoms with Gasteiger partial charge in [0.15, 0.2) is 0 Å². The summed E-state index contributed by atoms with van der Waals surface area (Å²) in [6, 6.07) is 6.52. The van der Waals surface area contributed by atoms with E-state index in [9.17, 15) is 14.7 Å². The maximum absolute atomic E-state index is 12.0. The van der Waals surface area contributed by atoms with Gasteiger partial charge < -0.3 is 9.84 Å². The second kappa shape index (κ2) is 4.41. The first kappa shape index (κ1) is 12.3. The van der Waals surface area contributed by atoms with E-state index in [0.29, 0.717) is 29.2 Å². The zero-order valence-corrected chi connectivity index (χ0v) is 10.2. The predicted molar refractivity (Wildman–Crippen MR) is 63.3 cm³/mol. The van der Waals surface area contributed by atoms with Crippen LogP contribution in [0, 0.1) is 0 Å². The van der Waals surface area contributed by atoms with E-state index in [4.69, 9.17) is 9.57 Å². The van der Waals surface area contributed by atoms with Crippen LogP contribution in [0.1, 0.15) is 27.1 Å². The molecular weight excluding hydrogens is 250 g/mol. The van der Waals surface area contributed by atoms with Gasteiger partial charge in [0.2, 0.25) is 0 Å². The Morgan fingerprint density at radius 1 is 1.26 bits per heavy atom. The molecule has 3 rings (SSSR count). The second-order valence-corrected chi connectivity index (χ2v) is 4.75. The summed E-state index contributed by atoms with van der Waals surface area (Å²) in [5.41, 5.74) is -0.487. The third-order valence-corrected chi connectivity index (χ3v) is 3.30. The molecule has 0 bridgehead atoms. The van der Waals surface area contributed by atoms with Gasteiger partial charge in [0.25, 0.3) is 11.8 Å². The molecule has 0 aromatic heterocycles. The van der Waals surface area contributed by atoms with Gasteiger partial charge in [-0.25, -0.2) is 0 Å². The van der Waals surface area contributed by atoms with Crippen molar-refractivity contribution in [1.29, 1.82) is 0 Å². The fourth-order valence-electron chi connectivity index (χ4n) is 2.18. The largest absolute Gasteiger partial charge is 0.385 e. The molecule has 1 aromatic rings. The van der Waals surface area contributed by atoms with Gasteiger partial charge in [-0.15, -0.1) is 5.06 Å². The molecular formula is C13H13NO5. The molecule has 1 saturated heterocycles. The number of carbonyl (C=O) groups is 2.